The smallest absolute Gasteiger partial charge is 0.119 e. The summed E-state index contributed by atoms with van der Waals surface area (Å²) in [4.78, 5) is 0. The van der Waals surface area contributed by atoms with Gasteiger partial charge in [-0.2, -0.15) is 0 Å². The van der Waals surface area contributed by atoms with E-state index in [1.807, 2.05) is 45.0 Å². The molecule has 2 atom stereocenters. The van der Waals surface area contributed by atoms with Crippen molar-refractivity contribution in [2.24, 2.45) is 5.92 Å². The first-order valence-electron chi connectivity index (χ1n) is 7.51. The van der Waals surface area contributed by atoms with Crippen LogP contribution in [0, 0.1) is 5.92 Å². The monoisotopic (exact) mass is 266 g/mol. The topological polar surface area (TPSA) is 29.5 Å². The van der Waals surface area contributed by atoms with Crippen LogP contribution >= 0.6 is 0 Å². The van der Waals surface area contributed by atoms with Crippen LogP contribution in [0.1, 0.15) is 58.9 Å². The van der Waals surface area contributed by atoms with Crippen molar-refractivity contribution in [1.82, 2.24) is 0 Å². The summed E-state index contributed by atoms with van der Waals surface area (Å²) in [5, 5.41) is 9.06. The normalized spacial score (nSPS) is 13.2. The maximum absolute atomic E-state index is 9.06. The summed E-state index contributed by atoms with van der Waals surface area (Å²) in [5.41, 5.74) is 1.15. The quantitative estimate of drug-likeness (QED) is 0.780. The summed E-state index contributed by atoms with van der Waals surface area (Å²) < 4.78 is 5.73. The van der Waals surface area contributed by atoms with Crippen LogP contribution in [0.25, 0.3) is 0 Å². The highest BCUT2D eigenvalue weighted by Gasteiger charge is 2.05. The van der Waals surface area contributed by atoms with Gasteiger partial charge in [0.15, 0.2) is 0 Å². The van der Waals surface area contributed by atoms with Gasteiger partial charge in [-0.05, 0) is 30.0 Å². The molecule has 0 fully saturated rings. The maximum Gasteiger partial charge on any atom is 0.119 e. The molecular weight excluding hydrogens is 236 g/mol. The van der Waals surface area contributed by atoms with Crippen LogP contribution in [-0.2, 0) is 0 Å². The van der Waals surface area contributed by atoms with Crippen molar-refractivity contribution in [1.29, 1.82) is 0 Å². The van der Waals surface area contributed by atoms with E-state index >= 15 is 0 Å². The molecule has 0 aliphatic carbocycles. The highest BCUT2D eigenvalue weighted by molar-refractivity contribution is 5.29. The number of aliphatic hydroxyl groups is 1. The fourth-order valence-corrected chi connectivity index (χ4v) is 1.81. The van der Waals surface area contributed by atoms with Crippen molar-refractivity contribution < 1.29 is 9.84 Å². The lowest BCUT2D eigenvalue weighted by molar-refractivity contribution is 0.251. The van der Waals surface area contributed by atoms with Crippen LogP contribution in [0.5, 0.6) is 5.75 Å². The Balaban J connectivity index is 0.00000154. The molecule has 1 aromatic carbocycles. The summed E-state index contributed by atoms with van der Waals surface area (Å²) in [6.07, 6.45) is 2.41. The molecule has 0 saturated carbocycles. The molecule has 0 aromatic heterocycles. The zero-order chi connectivity index (χ0) is 14.7. The molecule has 1 aromatic rings. The van der Waals surface area contributed by atoms with Gasteiger partial charge in [0.05, 0.1) is 6.61 Å². The molecule has 1 N–H and O–H groups in total. The first-order valence-corrected chi connectivity index (χ1v) is 7.51. The number of aliphatic hydroxyl groups excluding tert-OH is 1. The summed E-state index contributed by atoms with van der Waals surface area (Å²) in [5.74, 6) is 1.72. The Morgan fingerprint density at radius 1 is 1.11 bits per heavy atom. The molecule has 0 spiro atoms. The molecule has 0 bridgehead atoms. The fourth-order valence-electron chi connectivity index (χ4n) is 1.81. The van der Waals surface area contributed by atoms with E-state index in [1.54, 1.807) is 0 Å². The van der Waals surface area contributed by atoms with Gasteiger partial charge in [0.1, 0.15) is 5.75 Å². The van der Waals surface area contributed by atoms with E-state index in [2.05, 4.69) is 13.8 Å². The number of rotatable bonds is 7. The number of ether oxygens (including phenoxy) is 1. The molecule has 0 aliphatic rings. The molecule has 2 heteroatoms. The Hall–Kier alpha value is -1.02. The van der Waals surface area contributed by atoms with Gasteiger partial charge >= 0.3 is 0 Å². The zero-order valence-electron chi connectivity index (χ0n) is 13.1. The number of benzene rings is 1. The van der Waals surface area contributed by atoms with Crippen LogP contribution in [-0.4, -0.2) is 18.3 Å². The lowest BCUT2D eigenvalue weighted by atomic mass is 10.0. The highest BCUT2D eigenvalue weighted by atomic mass is 16.5. The molecule has 0 radical (unpaired) electrons. The van der Waals surface area contributed by atoms with E-state index in [0.717, 1.165) is 17.9 Å². The van der Waals surface area contributed by atoms with Crippen molar-refractivity contribution in [3.63, 3.8) is 0 Å². The summed E-state index contributed by atoms with van der Waals surface area (Å²) in [6, 6.07) is 8.03. The number of hydrogen-bond acceptors (Lipinski definition) is 2. The predicted octanol–water partition coefficient (Wildman–Crippen LogP) is 4.62. The largest absolute Gasteiger partial charge is 0.493 e. The van der Waals surface area contributed by atoms with Crippen molar-refractivity contribution >= 4 is 0 Å². The second-order valence-corrected chi connectivity index (χ2v) is 4.86. The molecule has 110 valence electrons. The van der Waals surface area contributed by atoms with Gasteiger partial charge in [-0.15, -0.1) is 0 Å². The Labute approximate surface area is 118 Å². The molecule has 0 saturated heterocycles. The van der Waals surface area contributed by atoms with Gasteiger partial charge in [0, 0.05) is 12.5 Å². The SMILES string of the molecule is CC.CCCC(C)COc1ccc([C@@H](C)CO)cc1. The van der Waals surface area contributed by atoms with Crippen LogP contribution in [0.2, 0.25) is 0 Å². The molecule has 19 heavy (non-hydrogen) atoms. The molecule has 0 amide bonds. The Morgan fingerprint density at radius 3 is 2.16 bits per heavy atom. The third kappa shape index (κ3) is 7.22. The first-order chi connectivity index (χ1) is 9.17. The van der Waals surface area contributed by atoms with Crippen molar-refractivity contribution in [3.05, 3.63) is 29.8 Å². The minimum Gasteiger partial charge on any atom is -0.493 e. The summed E-state index contributed by atoms with van der Waals surface area (Å²) in [6.45, 7) is 11.4. The lowest BCUT2D eigenvalue weighted by Gasteiger charge is -2.13. The van der Waals surface area contributed by atoms with Crippen LogP contribution in [0.3, 0.4) is 0 Å². The Bertz CT molecular complexity index is 306. The maximum atomic E-state index is 9.06. The van der Waals surface area contributed by atoms with Gasteiger partial charge < -0.3 is 9.84 Å². The van der Waals surface area contributed by atoms with Crippen LogP contribution in [0.15, 0.2) is 24.3 Å². The third-order valence-corrected chi connectivity index (χ3v) is 3.04. The lowest BCUT2D eigenvalue weighted by Crippen LogP contribution is -2.08. The van der Waals surface area contributed by atoms with Gasteiger partial charge in [-0.3, -0.25) is 0 Å². The van der Waals surface area contributed by atoms with E-state index in [-0.39, 0.29) is 12.5 Å². The van der Waals surface area contributed by atoms with Gasteiger partial charge in [0.2, 0.25) is 0 Å². The average Bonchev–Trinajstić information content (AvgIpc) is 2.47. The third-order valence-electron chi connectivity index (χ3n) is 3.04. The first kappa shape index (κ1) is 18.0. The minimum atomic E-state index is 0.188. The standard InChI is InChI=1S/C15H24O2.C2H6/c1-4-5-12(2)11-17-15-8-6-14(7-9-15)13(3)10-16;1-2/h6-9,12-13,16H,4-5,10-11H2,1-3H3;1-2H3/t12?,13-;/m0./s1. The van der Waals surface area contributed by atoms with Gasteiger partial charge in [-0.1, -0.05) is 53.2 Å². The Morgan fingerprint density at radius 2 is 1.68 bits per heavy atom. The molecule has 1 unspecified atom stereocenters. The van der Waals surface area contributed by atoms with Crippen molar-refractivity contribution in [3.8, 4) is 5.75 Å². The molecular formula is C17H30O2. The Kier molecular flexibility index (Phi) is 10.3. The minimum absolute atomic E-state index is 0.188. The summed E-state index contributed by atoms with van der Waals surface area (Å²) >= 11 is 0. The van der Waals surface area contributed by atoms with E-state index in [4.69, 9.17) is 9.84 Å². The second-order valence-electron chi connectivity index (χ2n) is 4.86. The zero-order valence-corrected chi connectivity index (χ0v) is 13.1. The summed E-state index contributed by atoms with van der Waals surface area (Å²) in [7, 11) is 0. The number of hydrogen-bond donors (Lipinski definition) is 1. The van der Waals surface area contributed by atoms with Crippen LogP contribution in [0.4, 0.5) is 0 Å². The molecule has 0 aliphatic heterocycles. The van der Waals surface area contributed by atoms with Gasteiger partial charge in [0.25, 0.3) is 0 Å². The van der Waals surface area contributed by atoms with Crippen molar-refractivity contribution in [2.45, 2.75) is 53.4 Å². The van der Waals surface area contributed by atoms with Crippen molar-refractivity contribution in [2.75, 3.05) is 13.2 Å². The predicted molar refractivity (Wildman–Crippen MR) is 82.9 cm³/mol. The second kappa shape index (κ2) is 10.9. The molecule has 0 heterocycles. The van der Waals surface area contributed by atoms with Crippen LogP contribution < -0.4 is 4.74 Å². The van der Waals surface area contributed by atoms with E-state index in [1.165, 1.54) is 12.8 Å². The van der Waals surface area contributed by atoms with E-state index in [0.29, 0.717) is 5.92 Å². The van der Waals surface area contributed by atoms with E-state index in [9.17, 15) is 0 Å². The van der Waals surface area contributed by atoms with Gasteiger partial charge in [-0.25, -0.2) is 0 Å². The fraction of sp³-hybridized carbons (Fsp3) is 0.647. The van der Waals surface area contributed by atoms with E-state index < -0.39 is 0 Å². The average molecular weight is 266 g/mol. The molecule has 2 nitrogen and oxygen atoms in total. The highest BCUT2D eigenvalue weighted by Crippen LogP contribution is 2.19. The molecule has 1 rings (SSSR count).